The largest absolute Gasteiger partial charge is 0.508 e. The van der Waals surface area contributed by atoms with Gasteiger partial charge in [-0.3, -0.25) is 4.79 Å². The standard InChI is InChI=1S/C29H30N2O4/c1-3-25(33)19-11-12-20(26(16-19)34-2)17-27-30-24-14-13-23(18-7-6-8-21(32)15-18)28(24)29(31-27)35-22-9-4-5-10-22/h6-8,11-13,15-16,22,32H,3-5,9-10,14,17H2,1-2H3. The molecule has 0 radical (unpaired) electrons. The number of phenolic OH excluding ortho intramolecular Hbond substituents is 1. The summed E-state index contributed by atoms with van der Waals surface area (Å²) in [6, 6.07) is 12.8. The summed E-state index contributed by atoms with van der Waals surface area (Å²) < 4.78 is 12.1. The molecule has 2 aromatic carbocycles. The van der Waals surface area contributed by atoms with Gasteiger partial charge in [-0.05, 0) is 55.0 Å². The lowest BCUT2D eigenvalue weighted by Gasteiger charge is -2.18. The van der Waals surface area contributed by atoms with Gasteiger partial charge in [0.05, 0.1) is 18.4 Å². The predicted octanol–water partition coefficient (Wildman–Crippen LogP) is 5.68. The summed E-state index contributed by atoms with van der Waals surface area (Å²) in [5.41, 5.74) is 5.34. The minimum absolute atomic E-state index is 0.0847. The van der Waals surface area contributed by atoms with Crippen molar-refractivity contribution in [2.75, 3.05) is 7.11 Å². The summed E-state index contributed by atoms with van der Waals surface area (Å²) in [7, 11) is 1.61. The fourth-order valence-corrected chi connectivity index (χ4v) is 4.95. The Kier molecular flexibility index (Phi) is 6.53. The minimum atomic E-state index is 0.0847. The summed E-state index contributed by atoms with van der Waals surface area (Å²) in [5.74, 6) is 2.24. The molecule has 6 nitrogen and oxygen atoms in total. The van der Waals surface area contributed by atoms with Crippen LogP contribution in [0, 0.1) is 0 Å². The molecule has 180 valence electrons. The van der Waals surface area contributed by atoms with Crippen LogP contribution in [0.1, 0.15) is 77.6 Å². The third-order valence-electron chi connectivity index (χ3n) is 6.78. The van der Waals surface area contributed by atoms with Gasteiger partial charge in [-0.2, -0.15) is 4.98 Å². The molecule has 2 aliphatic carbocycles. The molecule has 3 aromatic rings. The number of phenols is 1. The number of allylic oxidation sites excluding steroid dienone is 1. The Bertz CT molecular complexity index is 1290. The molecule has 6 heteroatoms. The van der Waals surface area contributed by atoms with Gasteiger partial charge in [-0.15, -0.1) is 0 Å². The highest BCUT2D eigenvalue weighted by Crippen LogP contribution is 2.40. The average Bonchev–Trinajstić information content (AvgIpc) is 3.54. The fourth-order valence-electron chi connectivity index (χ4n) is 4.95. The van der Waals surface area contributed by atoms with E-state index in [2.05, 4.69) is 6.08 Å². The van der Waals surface area contributed by atoms with E-state index in [1.807, 2.05) is 31.2 Å². The summed E-state index contributed by atoms with van der Waals surface area (Å²) in [5, 5.41) is 10.0. The quantitative estimate of drug-likeness (QED) is 0.426. The Labute approximate surface area is 205 Å². The van der Waals surface area contributed by atoms with Gasteiger partial charge in [0.25, 0.3) is 0 Å². The Morgan fingerprint density at radius 1 is 1.11 bits per heavy atom. The van der Waals surface area contributed by atoms with Gasteiger partial charge in [0.1, 0.15) is 23.4 Å². The van der Waals surface area contributed by atoms with Crippen LogP contribution in [0.5, 0.6) is 17.4 Å². The number of benzene rings is 2. The van der Waals surface area contributed by atoms with E-state index in [0.717, 1.165) is 40.8 Å². The number of carbonyl (C=O) groups excluding carboxylic acids is 1. The highest BCUT2D eigenvalue weighted by molar-refractivity contribution is 5.96. The Morgan fingerprint density at radius 3 is 2.69 bits per heavy atom. The molecule has 35 heavy (non-hydrogen) atoms. The molecule has 1 saturated carbocycles. The maximum atomic E-state index is 12.1. The summed E-state index contributed by atoms with van der Waals surface area (Å²) in [6.07, 6.45) is 8.28. The van der Waals surface area contributed by atoms with Crippen LogP contribution in [0.4, 0.5) is 0 Å². The molecule has 0 unspecified atom stereocenters. The van der Waals surface area contributed by atoms with Crippen molar-refractivity contribution >= 4 is 11.4 Å². The molecule has 1 heterocycles. The van der Waals surface area contributed by atoms with E-state index in [4.69, 9.17) is 19.4 Å². The molecule has 0 amide bonds. The SMILES string of the molecule is CCC(=O)c1ccc(Cc2nc3c(c(OC4CCCC4)n2)C(c2cccc(O)c2)=CC3)c(OC)c1. The summed E-state index contributed by atoms with van der Waals surface area (Å²) >= 11 is 0. The Morgan fingerprint density at radius 2 is 1.94 bits per heavy atom. The second-order valence-electron chi connectivity index (χ2n) is 9.14. The molecule has 0 saturated heterocycles. The highest BCUT2D eigenvalue weighted by Gasteiger charge is 2.27. The number of methoxy groups -OCH3 is 1. The fraction of sp³-hybridized carbons (Fsp3) is 0.345. The van der Waals surface area contributed by atoms with Crippen molar-refractivity contribution in [3.05, 3.63) is 82.3 Å². The number of ketones is 1. The van der Waals surface area contributed by atoms with Gasteiger partial charge in [-0.1, -0.05) is 37.3 Å². The molecule has 0 aliphatic heterocycles. The molecule has 5 rings (SSSR count). The highest BCUT2D eigenvalue weighted by atomic mass is 16.5. The number of hydrogen-bond donors (Lipinski definition) is 1. The number of ether oxygens (including phenoxy) is 2. The van der Waals surface area contributed by atoms with Gasteiger partial charge in [0.15, 0.2) is 5.78 Å². The van der Waals surface area contributed by atoms with Gasteiger partial charge < -0.3 is 14.6 Å². The number of aromatic nitrogens is 2. The van der Waals surface area contributed by atoms with Crippen molar-refractivity contribution in [1.29, 1.82) is 0 Å². The number of Topliss-reactive ketones (excluding diaryl/α,β-unsaturated/α-hetero) is 1. The minimum Gasteiger partial charge on any atom is -0.508 e. The first kappa shape index (κ1) is 23.1. The van der Waals surface area contributed by atoms with Crippen molar-refractivity contribution in [3.63, 3.8) is 0 Å². The maximum absolute atomic E-state index is 12.1. The first-order chi connectivity index (χ1) is 17.1. The first-order valence-electron chi connectivity index (χ1n) is 12.3. The molecule has 0 atom stereocenters. The van der Waals surface area contributed by atoms with E-state index in [9.17, 15) is 9.90 Å². The van der Waals surface area contributed by atoms with E-state index in [-0.39, 0.29) is 17.6 Å². The zero-order chi connectivity index (χ0) is 24.4. The number of aromatic hydroxyl groups is 1. The normalized spacial score (nSPS) is 15.1. The molecule has 1 N–H and O–H groups in total. The molecule has 0 spiro atoms. The number of carbonyl (C=O) groups is 1. The van der Waals surface area contributed by atoms with Crippen LogP contribution in [0.25, 0.3) is 5.57 Å². The number of hydrogen-bond acceptors (Lipinski definition) is 6. The van der Waals surface area contributed by atoms with Gasteiger partial charge in [-0.25, -0.2) is 4.98 Å². The van der Waals surface area contributed by atoms with Crippen molar-refractivity contribution in [3.8, 4) is 17.4 Å². The van der Waals surface area contributed by atoms with Crippen molar-refractivity contribution < 1.29 is 19.4 Å². The van der Waals surface area contributed by atoms with Crippen LogP contribution < -0.4 is 9.47 Å². The molecule has 1 fully saturated rings. The summed E-state index contributed by atoms with van der Waals surface area (Å²) in [6.45, 7) is 1.85. The smallest absolute Gasteiger partial charge is 0.225 e. The zero-order valence-electron chi connectivity index (χ0n) is 20.2. The van der Waals surface area contributed by atoms with Crippen LogP contribution in [0.15, 0.2) is 48.5 Å². The first-order valence-corrected chi connectivity index (χ1v) is 12.3. The molecule has 2 aliphatic rings. The average molecular weight is 471 g/mol. The third-order valence-corrected chi connectivity index (χ3v) is 6.78. The molecule has 0 bridgehead atoms. The Balaban J connectivity index is 1.52. The summed E-state index contributed by atoms with van der Waals surface area (Å²) in [4.78, 5) is 21.9. The lowest BCUT2D eigenvalue weighted by atomic mass is 10.0. The molecular formula is C29H30N2O4. The second kappa shape index (κ2) is 9.90. The van der Waals surface area contributed by atoms with E-state index in [0.29, 0.717) is 42.3 Å². The van der Waals surface area contributed by atoms with Gasteiger partial charge >= 0.3 is 0 Å². The van der Waals surface area contributed by atoms with Gasteiger partial charge in [0.2, 0.25) is 5.88 Å². The zero-order valence-corrected chi connectivity index (χ0v) is 20.2. The monoisotopic (exact) mass is 470 g/mol. The second-order valence-corrected chi connectivity index (χ2v) is 9.14. The number of fused-ring (bicyclic) bond motifs is 1. The van der Waals surface area contributed by atoms with E-state index in [1.165, 1.54) is 12.8 Å². The number of rotatable bonds is 8. The topological polar surface area (TPSA) is 81.5 Å². The van der Waals surface area contributed by atoms with Gasteiger partial charge in [0, 0.05) is 30.4 Å². The van der Waals surface area contributed by atoms with Crippen molar-refractivity contribution in [1.82, 2.24) is 9.97 Å². The lowest BCUT2D eigenvalue weighted by molar-refractivity contribution is 0.0988. The molecule has 1 aromatic heterocycles. The van der Waals surface area contributed by atoms with E-state index >= 15 is 0 Å². The number of nitrogens with zero attached hydrogens (tertiary/aromatic N) is 2. The lowest BCUT2D eigenvalue weighted by Crippen LogP contribution is -2.15. The van der Waals surface area contributed by atoms with Crippen LogP contribution >= 0.6 is 0 Å². The van der Waals surface area contributed by atoms with Crippen LogP contribution in [0.2, 0.25) is 0 Å². The maximum Gasteiger partial charge on any atom is 0.225 e. The third kappa shape index (κ3) is 4.78. The van der Waals surface area contributed by atoms with E-state index < -0.39 is 0 Å². The van der Waals surface area contributed by atoms with Crippen molar-refractivity contribution in [2.24, 2.45) is 0 Å². The van der Waals surface area contributed by atoms with Crippen LogP contribution in [0.3, 0.4) is 0 Å². The molecular weight excluding hydrogens is 440 g/mol. The van der Waals surface area contributed by atoms with E-state index in [1.54, 1.807) is 25.3 Å². The Hall–Kier alpha value is -3.67. The van der Waals surface area contributed by atoms with Crippen molar-refractivity contribution in [2.45, 2.75) is 58.0 Å². The van der Waals surface area contributed by atoms with Crippen LogP contribution in [-0.4, -0.2) is 34.1 Å². The van der Waals surface area contributed by atoms with Crippen LogP contribution in [-0.2, 0) is 12.8 Å². The predicted molar refractivity (Wildman–Crippen MR) is 134 cm³/mol.